The van der Waals surface area contributed by atoms with Gasteiger partial charge >= 0.3 is 0 Å². The highest BCUT2D eigenvalue weighted by atomic mass is 79.9. The lowest BCUT2D eigenvalue weighted by Gasteiger charge is -2.16. The molecule has 2 aromatic rings. The molecule has 0 aliphatic carbocycles. The summed E-state index contributed by atoms with van der Waals surface area (Å²) < 4.78 is 1.13. The summed E-state index contributed by atoms with van der Waals surface area (Å²) in [5.41, 5.74) is 8.29. The molecule has 0 saturated carbocycles. The van der Waals surface area contributed by atoms with Crippen LogP contribution >= 0.6 is 27.5 Å². The lowest BCUT2D eigenvalue weighted by molar-refractivity contribution is 0.532. The predicted molar refractivity (Wildman–Crippen MR) is 83.3 cm³/mol. The second-order valence-corrected chi connectivity index (χ2v) is 5.83. The maximum atomic E-state index is 6.15. The van der Waals surface area contributed by atoms with Crippen molar-refractivity contribution in [2.75, 3.05) is 6.54 Å². The quantitative estimate of drug-likeness (QED) is 0.898. The van der Waals surface area contributed by atoms with Gasteiger partial charge in [0.2, 0.25) is 0 Å². The van der Waals surface area contributed by atoms with Crippen molar-refractivity contribution in [3.63, 3.8) is 0 Å². The van der Waals surface area contributed by atoms with Crippen LogP contribution in [0.2, 0.25) is 5.02 Å². The lowest BCUT2D eigenvalue weighted by atomic mass is 9.93. The normalized spacial score (nSPS) is 12.4. The van der Waals surface area contributed by atoms with E-state index >= 15 is 0 Å². The molecule has 0 amide bonds. The molecular weight excluding hydrogens is 324 g/mol. The Morgan fingerprint density at radius 3 is 2.58 bits per heavy atom. The summed E-state index contributed by atoms with van der Waals surface area (Å²) in [7, 11) is 0. The Morgan fingerprint density at radius 2 is 1.89 bits per heavy atom. The van der Waals surface area contributed by atoms with Gasteiger partial charge in [0.25, 0.3) is 0 Å². The first kappa shape index (κ1) is 14.5. The van der Waals surface area contributed by atoms with Gasteiger partial charge in [0.05, 0.1) is 5.02 Å². The maximum Gasteiger partial charge on any atom is 0.0621 e. The number of benzene rings is 1. The minimum absolute atomic E-state index is 0.374. The SMILES string of the molecule is NCC(Cc1ccncc1Cl)Cc1ccccc1Br. The van der Waals surface area contributed by atoms with E-state index in [0.717, 1.165) is 22.9 Å². The molecule has 100 valence electrons. The van der Waals surface area contributed by atoms with Gasteiger partial charge in [0, 0.05) is 16.9 Å². The molecule has 0 saturated heterocycles. The Labute approximate surface area is 127 Å². The summed E-state index contributed by atoms with van der Waals surface area (Å²) >= 11 is 9.72. The largest absolute Gasteiger partial charge is 0.330 e. The van der Waals surface area contributed by atoms with Gasteiger partial charge in [-0.2, -0.15) is 0 Å². The first-order chi connectivity index (χ1) is 9.20. The van der Waals surface area contributed by atoms with Crippen molar-refractivity contribution in [1.29, 1.82) is 0 Å². The predicted octanol–water partition coefficient (Wildman–Crippen LogP) is 3.86. The average molecular weight is 340 g/mol. The van der Waals surface area contributed by atoms with Crippen LogP contribution in [0, 0.1) is 5.92 Å². The van der Waals surface area contributed by atoms with E-state index in [9.17, 15) is 0 Å². The van der Waals surface area contributed by atoms with E-state index in [0.29, 0.717) is 17.5 Å². The fourth-order valence-electron chi connectivity index (χ4n) is 2.09. The van der Waals surface area contributed by atoms with Gasteiger partial charge < -0.3 is 5.73 Å². The Hall–Kier alpha value is -0.900. The van der Waals surface area contributed by atoms with E-state index in [-0.39, 0.29) is 0 Å². The molecule has 0 aliphatic heterocycles. The van der Waals surface area contributed by atoms with E-state index < -0.39 is 0 Å². The zero-order valence-electron chi connectivity index (χ0n) is 10.5. The van der Waals surface area contributed by atoms with Gasteiger partial charge in [0.15, 0.2) is 0 Å². The molecule has 0 radical (unpaired) electrons. The van der Waals surface area contributed by atoms with Crippen LogP contribution < -0.4 is 5.73 Å². The van der Waals surface area contributed by atoms with E-state index in [1.165, 1.54) is 5.56 Å². The first-order valence-corrected chi connectivity index (χ1v) is 7.39. The molecule has 1 unspecified atom stereocenters. The molecular formula is C15H16BrClN2. The second-order valence-electron chi connectivity index (χ2n) is 4.57. The van der Waals surface area contributed by atoms with Crippen LogP contribution in [0.5, 0.6) is 0 Å². The van der Waals surface area contributed by atoms with E-state index in [4.69, 9.17) is 17.3 Å². The van der Waals surface area contributed by atoms with Crippen LogP contribution in [-0.4, -0.2) is 11.5 Å². The van der Waals surface area contributed by atoms with Gasteiger partial charge in [0.1, 0.15) is 0 Å². The average Bonchev–Trinajstić information content (AvgIpc) is 2.42. The van der Waals surface area contributed by atoms with Crippen molar-refractivity contribution < 1.29 is 0 Å². The summed E-state index contributed by atoms with van der Waals surface area (Å²) in [5, 5.41) is 0.716. The Balaban J connectivity index is 2.09. The summed E-state index contributed by atoms with van der Waals surface area (Å²) in [6.07, 6.45) is 5.27. The third-order valence-corrected chi connectivity index (χ3v) is 4.28. The third-order valence-electron chi connectivity index (χ3n) is 3.16. The molecule has 0 aliphatic rings. The van der Waals surface area contributed by atoms with Crippen LogP contribution in [0.15, 0.2) is 47.2 Å². The highest BCUT2D eigenvalue weighted by molar-refractivity contribution is 9.10. The van der Waals surface area contributed by atoms with Gasteiger partial charge in [-0.1, -0.05) is 45.7 Å². The molecule has 0 fully saturated rings. The third kappa shape index (κ3) is 4.03. The van der Waals surface area contributed by atoms with Crippen LogP contribution in [0.1, 0.15) is 11.1 Å². The smallest absolute Gasteiger partial charge is 0.0621 e. The van der Waals surface area contributed by atoms with Gasteiger partial charge in [-0.25, -0.2) is 0 Å². The van der Waals surface area contributed by atoms with Gasteiger partial charge in [-0.05, 0) is 48.6 Å². The number of aromatic nitrogens is 1. The van der Waals surface area contributed by atoms with Crippen molar-refractivity contribution in [2.45, 2.75) is 12.8 Å². The second kappa shape index (κ2) is 7.04. The molecule has 1 aromatic heterocycles. The standard InChI is InChI=1S/C15H16BrClN2/c16-14-4-2-1-3-12(14)7-11(9-18)8-13-5-6-19-10-15(13)17/h1-6,10-11H,7-9,18H2. The summed E-state index contributed by atoms with van der Waals surface area (Å²) in [4.78, 5) is 4.01. The van der Waals surface area contributed by atoms with Crippen molar-refractivity contribution in [3.8, 4) is 0 Å². The number of pyridine rings is 1. The van der Waals surface area contributed by atoms with Crippen LogP contribution in [-0.2, 0) is 12.8 Å². The minimum Gasteiger partial charge on any atom is -0.330 e. The van der Waals surface area contributed by atoms with Crippen molar-refractivity contribution >= 4 is 27.5 Å². The topological polar surface area (TPSA) is 38.9 Å². The van der Waals surface area contributed by atoms with Crippen molar-refractivity contribution in [1.82, 2.24) is 4.98 Å². The molecule has 19 heavy (non-hydrogen) atoms. The Kier molecular flexibility index (Phi) is 5.37. The number of hydrogen-bond donors (Lipinski definition) is 1. The van der Waals surface area contributed by atoms with Crippen LogP contribution in [0.25, 0.3) is 0 Å². The summed E-state index contributed by atoms with van der Waals surface area (Å²) in [6, 6.07) is 10.2. The van der Waals surface area contributed by atoms with Gasteiger partial charge in [-0.3, -0.25) is 4.98 Å². The lowest BCUT2D eigenvalue weighted by Crippen LogP contribution is -2.19. The summed E-state index contributed by atoms with van der Waals surface area (Å²) in [5.74, 6) is 0.374. The minimum atomic E-state index is 0.374. The van der Waals surface area contributed by atoms with Crippen LogP contribution in [0.3, 0.4) is 0 Å². The summed E-state index contributed by atoms with van der Waals surface area (Å²) in [6.45, 7) is 0.639. The molecule has 1 atom stereocenters. The van der Waals surface area contributed by atoms with Gasteiger partial charge in [-0.15, -0.1) is 0 Å². The fraction of sp³-hybridized carbons (Fsp3) is 0.267. The highest BCUT2D eigenvalue weighted by Gasteiger charge is 2.12. The highest BCUT2D eigenvalue weighted by Crippen LogP contribution is 2.23. The van der Waals surface area contributed by atoms with E-state index in [1.807, 2.05) is 18.2 Å². The monoisotopic (exact) mass is 338 g/mol. The van der Waals surface area contributed by atoms with E-state index in [2.05, 4.69) is 33.0 Å². The molecule has 2 N–H and O–H groups in total. The van der Waals surface area contributed by atoms with Crippen molar-refractivity contribution in [2.24, 2.45) is 11.7 Å². The van der Waals surface area contributed by atoms with Crippen molar-refractivity contribution in [3.05, 3.63) is 63.3 Å². The number of rotatable bonds is 5. The molecule has 4 heteroatoms. The van der Waals surface area contributed by atoms with Crippen LogP contribution in [0.4, 0.5) is 0 Å². The zero-order valence-corrected chi connectivity index (χ0v) is 12.9. The number of hydrogen-bond acceptors (Lipinski definition) is 2. The zero-order chi connectivity index (χ0) is 13.7. The molecule has 2 nitrogen and oxygen atoms in total. The molecule has 1 heterocycles. The van der Waals surface area contributed by atoms with E-state index in [1.54, 1.807) is 12.4 Å². The Bertz CT molecular complexity index is 498. The molecule has 1 aromatic carbocycles. The molecule has 0 bridgehead atoms. The Morgan fingerprint density at radius 1 is 1.16 bits per heavy atom. The number of halogens is 2. The maximum absolute atomic E-state index is 6.15. The number of nitrogens with zero attached hydrogens (tertiary/aromatic N) is 1. The molecule has 0 spiro atoms. The fourth-order valence-corrected chi connectivity index (χ4v) is 2.74. The number of nitrogens with two attached hydrogens (primary N) is 1. The molecule has 2 rings (SSSR count). The first-order valence-electron chi connectivity index (χ1n) is 6.22.